The molecule has 0 saturated heterocycles. The number of carbonyl (C=O) groups is 1. The zero-order valence-corrected chi connectivity index (χ0v) is 11.3. The molecule has 0 aliphatic heterocycles. The Morgan fingerprint density at radius 1 is 1.47 bits per heavy atom. The summed E-state index contributed by atoms with van der Waals surface area (Å²) < 4.78 is 28.6. The van der Waals surface area contributed by atoms with Crippen molar-refractivity contribution in [3.63, 3.8) is 0 Å². The topological polar surface area (TPSA) is 64.4 Å². The van der Waals surface area contributed by atoms with E-state index in [2.05, 4.69) is 10.1 Å². The Labute approximate surface area is 116 Å². The number of carbonyl (C=O) groups excluding carboxylic acids is 1. The molecule has 0 saturated carbocycles. The van der Waals surface area contributed by atoms with Crippen LogP contribution in [0.25, 0.3) is 0 Å². The molecule has 0 radical (unpaired) electrons. The first kappa shape index (κ1) is 17.6. The molecule has 0 bridgehead atoms. The number of rotatable bonds is 6. The van der Waals surface area contributed by atoms with Crippen molar-refractivity contribution in [1.82, 2.24) is 0 Å². The van der Waals surface area contributed by atoms with E-state index in [1.807, 2.05) is 0 Å². The van der Waals surface area contributed by atoms with Crippen LogP contribution in [0.5, 0.6) is 5.75 Å². The van der Waals surface area contributed by atoms with Crippen molar-refractivity contribution in [2.75, 3.05) is 11.9 Å². The minimum atomic E-state index is -2.88. The highest BCUT2D eigenvalue weighted by molar-refractivity contribution is 5.90. The van der Waals surface area contributed by atoms with Gasteiger partial charge in [-0.05, 0) is 31.5 Å². The number of nitrogens with two attached hydrogens (primary N) is 1. The molecule has 1 aromatic carbocycles. The Balaban J connectivity index is 0.00000324. The Bertz CT molecular complexity index is 417. The van der Waals surface area contributed by atoms with Crippen LogP contribution in [0.2, 0.25) is 0 Å². The molecule has 0 aliphatic rings. The molecule has 0 aliphatic carbocycles. The lowest BCUT2D eigenvalue weighted by atomic mass is 10.2. The van der Waals surface area contributed by atoms with E-state index < -0.39 is 6.61 Å². The van der Waals surface area contributed by atoms with Crippen molar-refractivity contribution < 1.29 is 18.3 Å². The normalized spacial score (nSPS) is 9.95. The molecule has 3 N–H and O–H groups in total. The van der Waals surface area contributed by atoms with Crippen LogP contribution in [0.15, 0.2) is 18.2 Å². The van der Waals surface area contributed by atoms with E-state index in [4.69, 9.17) is 5.73 Å². The van der Waals surface area contributed by atoms with E-state index >= 15 is 0 Å². The molecular weight excluding hydrogens is 278 g/mol. The first-order valence-corrected chi connectivity index (χ1v) is 5.58. The highest BCUT2D eigenvalue weighted by atomic mass is 35.5. The monoisotopic (exact) mass is 294 g/mol. The van der Waals surface area contributed by atoms with Gasteiger partial charge in [-0.2, -0.15) is 8.78 Å². The first-order valence-electron chi connectivity index (χ1n) is 5.58. The van der Waals surface area contributed by atoms with Crippen molar-refractivity contribution in [2.45, 2.75) is 26.4 Å². The lowest BCUT2D eigenvalue weighted by molar-refractivity contribution is -0.116. The highest BCUT2D eigenvalue weighted by Gasteiger charge is 2.09. The van der Waals surface area contributed by atoms with Gasteiger partial charge in [-0.15, -0.1) is 12.4 Å². The Hall–Kier alpha value is -1.40. The fourth-order valence-electron chi connectivity index (χ4n) is 1.39. The Kier molecular flexibility index (Phi) is 8.02. The standard InChI is InChI=1S/C12H16F2N2O2.ClH/c1-8-4-5-9(7-10(8)18-12(13)14)16-11(17)3-2-6-15;/h4-5,7,12H,2-3,6,15H2,1H3,(H,16,17);1H. The SMILES string of the molecule is Cc1ccc(NC(=O)CCCN)cc1OC(F)F.Cl. The molecule has 0 unspecified atom stereocenters. The average molecular weight is 295 g/mol. The molecule has 0 spiro atoms. The van der Waals surface area contributed by atoms with Gasteiger partial charge in [0.05, 0.1) is 0 Å². The van der Waals surface area contributed by atoms with Crippen molar-refractivity contribution in [1.29, 1.82) is 0 Å². The molecule has 4 nitrogen and oxygen atoms in total. The summed E-state index contributed by atoms with van der Waals surface area (Å²) in [7, 11) is 0. The van der Waals surface area contributed by atoms with Gasteiger partial charge in [0.25, 0.3) is 0 Å². The maximum absolute atomic E-state index is 12.1. The maximum atomic E-state index is 12.1. The molecule has 1 aromatic rings. The second kappa shape index (κ2) is 8.66. The lowest BCUT2D eigenvalue weighted by Gasteiger charge is -2.10. The summed E-state index contributed by atoms with van der Waals surface area (Å²) in [6.07, 6.45) is 0.882. The minimum absolute atomic E-state index is 0. The van der Waals surface area contributed by atoms with E-state index in [9.17, 15) is 13.6 Å². The largest absolute Gasteiger partial charge is 0.434 e. The summed E-state index contributed by atoms with van der Waals surface area (Å²) in [6, 6.07) is 4.62. The van der Waals surface area contributed by atoms with Crippen molar-refractivity contribution >= 4 is 24.0 Å². The van der Waals surface area contributed by atoms with E-state index in [1.165, 1.54) is 6.07 Å². The van der Waals surface area contributed by atoms with Gasteiger partial charge in [0.1, 0.15) is 5.75 Å². The molecule has 19 heavy (non-hydrogen) atoms. The minimum Gasteiger partial charge on any atom is -0.434 e. The van der Waals surface area contributed by atoms with E-state index in [1.54, 1.807) is 19.1 Å². The van der Waals surface area contributed by atoms with Crippen LogP contribution in [0.3, 0.4) is 0 Å². The van der Waals surface area contributed by atoms with Gasteiger partial charge in [-0.1, -0.05) is 6.07 Å². The van der Waals surface area contributed by atoms with E-state index in [-0.39, 0.29) is 24.1 Å². The van der Waals surface area contributed by atoms with Gasteiger partial charge in [-0.25, -0.2) is 0 Å². The quantitative estimate of drug-likeness (QED) is 0.848. The predicted molar refractivity (Wildman–Crippen MR) is 72.0 cm³/mol. The molecule has 0 aromatic heterocycles. The van der Waals surface area contributed by atoms with Gasteiger partial charge >= 0.3 is 6.61 Å². The third-order valence-electron chi connectivity index (χ3n) is 2.30. The molecule has 0 heterocycles. The Morgan fingerprint density at radius 2 is 2.16 bits per heavy atom. The number of nitrogens with one attached hydrogen (secondary N) is 1. The van der Waals surface area contributed by atoms with Crippen LogP contribution >= 0.6 is 12.4 Å². The van der Waals surface area contributed by atoms with Crippen molar-refractivity contribution in [3.8, 4) is 5.75 Å². The zero-order valence-electron chi connectivity index (χ0n) is 10.5. The number of alkyl halides is 2. The first-order chi connectivity index (χ1) is 8.52. The van der Waals surface area contributed by atoms with Gasteiger partial charge in [0.15, 0.2) is 0 Å². The number of amides is 1. The molecule has 1 rings (SSSR count). The van der Waals surface area contributed by atoms with Crippen LogP contribution in [-0.4, -0.2) is 19.1 Å². The molecule has 7 heteroatoms. The van der Waals surface area contributed by atoms with Gasteiger partial charge in [0.2, 0.25) is 5.91 Å². The fourth-order valence-corrected chi connectivity index (χ4v) is 1.39. The van der Waals surface area contributed by atoms with E-state index in [0.717, 1.165) is 0 Å². The van der Waals surface area contributed by atoms with Crippen LogP contribution in [0.4, 0.5) is 14.5 Å². The molecule has 0 fully saturated rings. The van der Waals surface area contributed by atoms with Crippen molar-refractivity contribution in [2.24, 2.45) is 5.73 Å². The summed E-state index contributed by atoms with van der Waals surface area (Å²) >= 11 is 0. The van der Waals surface area contributed by atoms with E-state index in [0.29, 0.717) is 30.6 Å². The summed E-state index contributed by atoms with van der Waals surface area (Å²) in [6.45, 7) is -0.800. The molecule has 0 atom stereocenters. The lowest BCUT2D eigenvalue weighted by Crippen LogP contribution is -2.13. The summed E-state index contributed by atoms with van der Waals surface area (Å²) in [5.74, 6) is -0.145. The van der Waals surface area contributed by atoms with Crippen LogP contribution in [0, 0.1) is 6.92 Å². The molecule has 1 amide bonds. The number of anilines is 1. The van der Waals surface area contributed by atoms with Gasteiger partial charge in [-0.3, -0.25) is 4.79 Å². The van der Waals surface area contributed by atoms with Gasteiger partial charge < -0.3 is 15.8 Å². The zero-order chi connectivity index (χ0) is 13.5. The molecular formula is C12H17ClF2N2O2. The Morgan fingerprint density at radius 3 is 2.74 bits per heavy atom. The number of halogens is 3. The third-order valence-corrected chi connectivity index (χ3v) is 2.30. The van der Waals surface area contributed by atoms with Crippen LogP contribution in [0.1, 0.15) is 18.4 Å². The van der Waals surface area contributed by atoms with Crippen LogP contribution < -0.4 is 15.8 Å². The number of hydrogen-bond acceptors (Lipinski definition) is 3. The summed E-state index contributed by atoms with van der Waals surface area (Å²) in [5, 5.41) is 2.60. The predicted octanol–water partition coefficient (Wildman–Crippen LogP) is 2.70. The second-order valence-electron chi connectivity index (χ2n) is 3.80. The number of benzene rings is 1. The van der Waals surface area contributed by atoms with Crippen LogP contribution in [-0.2, 0) is 4.79 Å². The smallest absolute Gasteiger partial charge is 0.387 e. The number of ether oxygens (including phenoxy) is 1. The highest BCUT2D eigenvalue weighted by Crippen LogP contribution is 2.24. The van der Waals surface area contributed by atoms with Gasteiger partial charge in [0, 0.05) is 18.2 Å². The third kappa shape index (κ3) is 6.35. The second-order valence-corrected chi connectivity index (χ2v) is 3.80. The fraction of sp³-hybridized carbons (Fsp3) is 0.417. The summed E-state index contributed by atoms with van der Waals surface area (Å²) in [4.78, 5) is 11.4. The summed E-state index contributed by atoms with van der Waals surface area (Å²) in [5.41, 5.74) is 6.29. The van der Waals surface area contributed by atoms with Crippen molar-refractivity contribution in [3.05, 3.63) is 23.8 Å². The number of aryl methyl sites for hydroxylation is 1. The average Bonchev–Trinajstić information content (AvgIpc) is 2.30. The number of hydrogen-bond donors (Lipinski definition) is 2. The maximum Gasteiger partial charge on any atom is 0.387 e. The molecule has 108 valence electrons.